The Morgan fingerprint density at radius 3 is 2.68 bits per heavy atom. The summed E-state index contributed by atoms with van der Waals surface area (Å²) in [6.07, 6.45) is 1.91. The first kappa shape index (κ1) is 14.5. The van der Waals surface area contributed by atoms with Crippen LogP contribution in [-0.4, -0.2) is 29.1 Å². The van der Waals surface area contributed by atoms with Crippen LogP contribution in [0.25, 0.3) is 10.4 Å². The van der Waals surface area contributed by atoms with Crippen molar-refractivity contribution in [2.45, 2.75) is 25.0 Å². The van der Waals surface area contributed by atoms with E-state index >= 15 is 0 Å². The van der Waals surface area contributed by atoms with E-state index in [9.17, 15) is 9.59 Å². The molecule has 22 heavy (non-hydrogen) atoms. The van der Waals surface area contributed by atoms with E-state index in [0.29, 0.717) is 17.8 Å². The zero-order valence-electron chi connectivity index (χ0n) is 11.7. The zero-order valence-corrected chi connectivity index (χ0v) is 12.5. The van der Waals surface area contributed by atoms with E-state index in [1.54, 1.807) is 6.20 Å². The second-order valence-corrected chi connectivity index (χ2v) is 6.13. The van der Waals surface area contributed by atoms with Gasteiger partial charge in [-0.05, 0) is 5.56 Å². The van der Waals surface area contributed by atoms with Gasteiger partial charge in [0.05, 0.1) is 4.88 Å². The van der Waals surface area contributed by atoms with Crippen LogP contribution >= 0.6 is 11.3 Å². The number of nitrogens with two attached hydrogens (primary N) is 1. The number of amides is 2. The van der Waals surface area contributed by atoms with Crippen LogP contribution in [0.4, 0.5) is 4.79 Å². The Balaban J connectivity index is 1.56. The molecule has 1 aromatic heterocycles. The van der Waals surface area contributed by atoms with Gasteiger partial charge in [0, 0.05) is 25.1 Å². The molecule has 2 amide bonds. The number of carbonyl (C=O) groups excluding carboxylic acids is 2. The fourth-order valence-electron chi connectivity index (χ4n) is 2.31. The minimum atomic E-state index is -0.776. The Morgan fingerprint density at radius 2 is 2.00 bits per heavy atom. The Morgan fingerprint density at radius 1 is 1.27 bits per heavy atom. The smallest absolute Gasteiger partial charge is 0.404 e. The minimum Gasteiger partial charge on any atom is -0.446 e. The number of hydrogen-bond acceptors (Lipinski definition) is 5. The highest BCUT2D eigenvalue weighted by molar-refractivity contribution is 7.16. The quantitative estimate of drug-likeness (QED) is 0.903. The number of benzene rings is 1. The van der Waals surface area contributed by atoms with Gasteiger partial charge >= 0.3 is 6.09 Å². The summed E-state index contributed by atoms with van der Waals surface area (Å²) < 4.78 is 4.84. The number of rotatable bonds is 4. The van der Waals surface area contributed by atoms with Gasteiger partial charge < -0.3 is 15.8 Å². The lowest BCUT2D eigenvalue weighted by atomic mass is 9.89. The van der Waals surface area contributed by atoms with Gasteiger partial charge in [0.1, 0.15) is 6.10 Å². The largest absolute Gasteiger partial charge is 0.446 e. The number of ether oxygens (including phenoxy) is 1. The van der Waals surface area contributed by atoms with E-state index < -0.39 is 6.09 Å². The summed E-state index contributed by atoms with van der Waals surface area (Å²) in [6.45, 7) is 0. The number of nitrogens with one attached hydrogen (secondary N) is 1. The number of carbonyl (C=O) groups is 2. The van der Waals surface area contributed by atoms with Crippen LogP contribution in [0.2, 0.25) is 0 Å². The van der Waals surface area contributed by atoms with Crippen LogP contribution in [-0.2, 0) is 4.74 Å². The summed E-state index contributed by atoms with van der Waals surface area (Å²) >= 11 is 1.35. The highest BCUT2D eigenvalue weighted by atomic mass is 32.1. The van der Waals surface area contributed by atoms with Crippen LogP contribution in [0.15, 0.2) is 36.5 Å². The third-order valence-electron chi connectivity index (χ3n) is 3.47. The summed E-state index contributed by atoms with van der Waals surface area (Å²) in [5.41, 5.74) is 5.98. The average Bonchev–Trinajstić information content (AvgIpc) is 2.95. The maximum absolute atomic E-state index is 12.1. The Kier molecular flexibility index (Phi) is 4.06. The predicted octanol–water partition coefficient (Wildman–Crippen LogP) is 2.17. The lowest BCUT2D eigenvalue weighted by molar-refractivity contribution is 0.0363. The molecule has 1 heterocycles. The summed E-state index contributed by atoms with van der Waals surface area (Å²) in [5.74, 6) is -0.199. The van der Waals surface area contributed by atoms with E-state index in [2.05, 4.69) is 10.3 Å². The van der Waals surface area contributed by atoms with Crippen molar-refractivity contribution in [3.8, 4) is 10.4 Å². The van der Waals surface area contributed by atoms with Crippen molar-refractivity contribution in [2.75, 3.05) is 0 Å². The van der Waals surface area contributed by atoms with Gasteiger partial charge in [-0.2, -0.15) is 0 Å². The van der Waals surface area contributed by atoms with Gasteiger partial charge in [-0.25, -0.2) is 9.78 Å². The molecular formula is C15H15N3O3S. The van der Waals surface area contributed by atoms with Crippen LogP contribution in [0.5, 0.6) is 0 Å². The monoisotopic (exact) mass is 317 g/mol. The predicted molar refractivity (Wildman–Crippen MR) is 82.5 cm³/mol. The first-order valence-corrected chi connectivity index (χ1v) is 7.71. The molecule has 0 saturated heterocycles. The van der Waals surface area contributed by atoms with Crippen molar-refractivity contribution in [1.82, 2.24) is 10.3 Å². The lowest BCUT2D eigenvalue weighted by Crippen LogP contribution is -2.48. The van der Waals surface area contributed by atoms with Crippen LogP contribution in [0.3, 0.4) is 0 Å². The van der Waals surface area contributed by atoms with Crippen molar-refractivity contribution >= 4 is 23.3 Å². The maximum atomic E-state index is 12.1. The molecule has 3 N–H and O–H groups in total. The summed E-state index contributed by atoms with van der Waals surface area (Å²) in [4.78, 5) is 27.8. The van der Waals surface area contributed by atoms with E-state index in [0.717, 1.165) is 10.4 Å². The van der Waals surface area contributed by atoms with Crippen molar-refractivity contribution < 1.29 is 14.3 Å². The van der Waals surface area contributed by atoms with Crippen molar-refractivity contribution in [3.63, 3.8) is 0 Å². The van der Waals surface area contributed by atoms with Gasteiger partial charge in [0.2, 0.25) is 0 Å². The third kappa shape index (κ3) is 3.25. The molecule has 7 heteroatoms. The highest BCUT2D eigenvalue weighted by Gasteiger charge is 2.33. The molecule has 0 aliphatic heterocycles. The van der Waals surface area contributed by atoms with E-state index in [1.165, 1.54) is 11.3 Å². The van der Waals surface area contributed by atoms with Gasteiger partial charge in [0.15, 0.2) is 5.01 Å². The number of thiazole rings is 1. The van der Waals surface area contributed by atoms with Gasteiger partial charge in [-0.3, -0.25) is 4.79 Å². The Bertz CT molecular complexity index is 680. The zero-order chi connectivity index (χ0) is 15.5. The second kappa shape index (κ2) is 6.15. The molecule has 0 spiro atoms. The summed E-state index contributed by atoms with van der Waals surface area (Å²) in [6, 6.07) is 9.80. The number of hydrogen-bond donors (Lipinski definition) is 2. The van der Waals surface area contributed by atoms with Crippen LogP contribution < -0.4 is 11.1 Å². The molecule has 6 nitrogen and oxygen atoms in total. The van der Waals surface area contributed by atoms with E-state index in [1.807, 2.05) is 30.3 Å². The molecule has 2 aromatic rings. The molecule has 3 rings (SSSR count). The van der Waals surface area contributed by atoms with Crippen molar-refractivity contribution in [2.24, 2.45) is 5.73 Å². The lowest BCUT2D eigenvalue weighted by Gasteiger charge is -2.34. The molecule has 114 valence electrons. The third-order valence-corrected chi connectivity index (χ3v) is 4.52. The average molecular weight is 317 g/mol. The van der Waals surface area contributed by atoms with Crippen molar-refractivity contribution in [3.05, 3.63) is 41.5 Å². The SMILES string of the molecule is NC(=O)OC1CC(NC(=O)c2ncc(-c3ccccc3)s2)C1. The van der Waals surface area contributed by atoms with Gasteiger partial charge in [-0.15, -0.1) is 11.3 Å². The molecule has 0 unspecified atom stereocenters. The number of aromatic nitrogens is 1. The molecule has 1 saturated carbocycles. The summed E-state index contributed by atoms with van der Waals surface area (Å²) in [7, 11) is 0. The Labute approximate surface area is 131 Å². The molecule has 0 atom stereocenters. The van der Waals surface area contributed by atoms with Crippen LogP contribution in [0, 0.1) is 0 Å². The van der Waals surface area contributed by atoms with Crippen LogP contribution in [0.1, 0.15) is 22.6 Å². The molecular weight excluding hydrogens is 302 g/mol. The standard InChI is InChI=1S/C15H15N3O3S/c16-15(20)21-11-6-10(7-11)18-13(19)14-17-8-12(22-14)9-4-2-1-3-5-9/h1-5,8,10-11H,6-7H2,(H2,16,20)(H,18,19). The number of nitrogens with zero attached hydrogens (tertiary/aromatic N) is 1. The molecule has 0 bridgehead atoms. The molecule has 1 aliphatic rings. The number of primary amides is 1. The maximum Gasteiger partial charge on any atom is 0.404 e. The molecule has 0 radical (unpaired) electrons. The fraction of sp³-hybridized carbons (Fsp3) is 0.267. The van der Waals surface area contributed by atoms with E-state index in [4.69, 9.17) is 10.5 Å². The topological polar surface area (TPSA) is 94.3 Å². The van der Waals surface area contributed by atoms with E-state index in [-0.39, 0.29) is 18.1 Å². The molecule has 1 aromatic carbocycles. The Hall–Kier alpha value is -2.41. The fourth-order valence-corrected chi connectivity index (χ4v) is 3.13. The first-order chi connectivity index (χ1) is 10.6. The van der Waals surface area contributed by atoms with Gasteiger partial charge in [0.25, 0.3) is 5.91 Å². The van der Waals surface area contributed by atoms with Gasteiger partial charge in [-0.1, -0.05) is 30.3 Å². The first-order valence-electron chi connectivity index (χ1n) is 6.90. The van der Waals surface area contributed by atoms with Crippen molar-refractivity contribution in [1.29, 1.82) is 0 Å². The highest BCUT2D eigenvalue weighted by Crippen LogP contribution is 2.27. The minimum absolute atomic E-state index is 0.000857. The molecule has 1 aliphatic carbocycles. The summed E-state index contributed by atoms with van der Waals surface area (Å²) in [5, 5.41) is 3.31. The molecule has 1 fully saturated rings. The second-order valence-electron chi connectivity index (χ2n) is 5.10. The normalized spacial score (nSPS) is 20.0.